The van der Waals surface area contributed by atoms with Crippen LogP contribution in [0.5, 0.6) is 0 Å². The normalized spacial score (nSPS) is 11.5. The molecule has 1 amide bonds. The summed E-state index contributed by atoms with van der Waals surface area (Å²) in [5, 5.41) is 4.41. The van der Waals surface area contributed by atoms with E-state index in [0.29, 0.717) is 5.56 Å². The van der Waals surface area contributed by atoms with Gasteiger partial charge in [0.15, 0.2) is 0 Å². The average molecular weight is 333 g/mol. The van der Waals surface area contributed by atoms with Crippen molar-refractivity contribution < 1.29 is 13.2 Å². The van der Waals surface area contributed by atoms with Crippen LogP contribution in [0.3, 0.4) is 0 Å². The molecule has 3 aromatic rings. The highest BCUT2D eigenvalue weighted by atomic mass is 32.2. The number of aromatic nitrogens is 2. The summed E-state index contributed by atoms with van der Waals surface area (Å²) in [4.78, 5) is 16.0. The first-order valence-corrected chi connectivity index (χ1v) is 8.94. The highest BCUT2D eigenvalue weighted by molar-refractivity contribution is 7.90. The Kier molecular flexibility index (Phi) is 3.63. The van der Waals surface area contributed by atoms with Crippen LogP contribution in [-0.2, 0) is 9.84 Å². The van der Waals surface area contributed by atoms with Gasteiger partial charge in [-0.3, -0.25) is 10.1 Å². The molecular weight excluding hydrogens is 322 g/mol. The maximum Gasteiger partial charge on any atom is 0.260 e. The molecule has 1 N–H and O–H groups in total. The molecule has 22 heavy (non-hydrogen) atoms. The van der Waals surface area contributed by atoms with E-state index >= 15 is 0 Å². The molecule has 8 heteroatoms. The Morgan fingerprint density at radius 2 is 1.86 bits per heavy atom. The van der Waals surface area contributed by atoms with Crippen LogP contribution in [-0.4, -0.2) is 29.9 Å². The van der Waals surface area contributed by atoms with Crippen LogP contribution >= 0.6 is 11.5 Å². The molecule has 0 saturated carbocycles. The van der Waals surface area contributed by atoms with Crippen molar-refractivity contribution in [2.45, 2.75) is 5.16 Å². The second-order valence-corrected chi connectivity index (χ2v) is 7.33. The third-order valence-corrected chi connectivity index (χ3v) is 4.56. The number of carbonyl (C=O) groups excluding carboxylic acids is 1. The van der Waals surface area contributed by atoms with Crippen molar-refractivity contribution in [3.05, 3.63) is 48.0 Å². The summed E-state index contributed by atoms with van der Waals surface area (Å²) in [5.41, 5.74) is 0.467. The molecule has 0 bridgehead atoms. The minimum Gasteiger partial charge on any atom is -0.297 e. The second-order valence-electron chi connectivity index (χ2n) is 4.67. The van der Waals surface area contributed by atoms with Gasteiger partial charge in [0.05, 0.1) is 0 Å². The number of anilines is 1. The predicted molar refractivity (Wildman–Crippen MR) is 84.9 cm³/mol. The number of fused-ring (bicyclic) bond motifs is 1. The van der Waals surface area contributed by atoms with Crippen LogP contribution in [0.25, 0.3) is 10.8 Å². The van der Waals surface area contributed by atoms with Gasteiger partial charge < -0.3 is 0 Å². The van der Waals surface area contributed by atoms with Crippen molar-refractivity contribution in [1.82, 2.24) is 9.36 Å². The predicted octanol–water partition coefficient (Wildman–Crippen LogP) is 2.35. The van der Waals surface area contributed by atoms with Gasteiger partial charge in [-0.15, -0.1) is 0 Å². The fourth-order valence-electron chi connectivity index (χ4n) is 1.91. The number of nitrogens with one attached hydrogen (secondary N) is 1. The molecule has 2 aromatic carbocycles. The van der Waals surface area contributed by atoms with Crippen molar-refractivity contribution in [2.24, 2.45) is 0 Å². The van der Waals surface area contributed by atoms with Crippen LogP contribution in [0.2, 0.25) is 0 Å². The Bertz CT molecular complexity index is 964. The summed E-state index contributed by atoms with van der Waals surface area (Å²) in [6.07, 6.45) is 1.02. The standard InChI is InChI=1S/C14H11N3O3S2/c1-22(19,20)14-16-13(21-17-14)15-12(18)11-7-6-9-4-2-3-5-10(9)8-11/h2-8H,1H3,(H,15,16,17,18). The first kappa shape index (κ1) is 14.6. The molecule has 0 fully saturated rings. The van der Waals surface area contributed by atoms with Crippen molar-refractivity contribution >= 4 is 43.2 Å². The molecule has 0 unspecified atom stereocenters. The van der Waals surface area contributed by atoms with Crippen molar-refractivity contribution in [2.75, 3.05) is 11.6 Å². The molecule has 0 aliphatic heterocycles. The molecule has 0 aliphatic carbocycles. The number of amides is 1. The summed E-state index contributed by atoms with van der Waals surface area (Å²) in [5.74, 6) is -0.359. The van der Waals surface area contributed by atoms with E-state index in [1.807, 2.05) is 30.3 Å². The highest BCUT2D eigenvalue weighted by Crippen LogP contribution is 2.18. The van der Waals surface area contributed by atoms with E-state index in [4.69, 9.17) is 0 Å². The van der Waals surface area contributed by atoms with Crippen LogP contribution in [0.1, 0.15) is 10.4 Å². The van der Waals surface area contributed by atoms with E-state index < -0.39 is 9.84 Å². The number of hydrogen-bond acceptors (Lipinski definition) is 6. The zero-order valence-corrected chi connectivity index (χ0v) is 13.1. The molecule has 0 saturated heterocycles. The van der Waals surface area contributed by atoms with Gasteiger partial charge in [0.25, 0.3) is 11.1 Å². The molecule has 0 radical (unpaired) electrons. The first-order chi connectivity index (χ1) is 10.4. The number of nitrogens with zero attached hydrogens (tertiary/aromatic N) is 2. The van der Waals surface area contributed by atoms with Crippen LogP contribution in [0.15, 0.2) is 47.6 Å². The SMILES string of the molecule is CS(=O)(=O)c1nsc(NC(=O)c2ccc3ccccc3c2)n1. The third kappa shape index (κ3) is 2.97. The van der Waals surface area contributed by atoms with Crippen molar-refractivity contribution in [3.8, 4) is 0 Å². The minimum absolute atomic E-state index is 0.151. The molecule has 0 aliphatic rings. The molecule has 3 rings (SSSR count). The molecule has 0 atom stereocenters. The first-order valence-electron chi connectivity index (χ1n) is 6.27. The number of rotatable bonds is 3. The van der Waals surface area contributed by atoms with Crippen LogP contribution < -0.4 is 5.32 Å². The summed E-state index contributed by atoms with van der Waals surface area (Å²) in [7, 11) is -3.47. The minimum atomic E-state index is -3.47. The lowest BCUT2D eigenvalue weighted by Crippen LogP contribution is -2.11. The Labute approximate surface area is 130 Å². The van der Waals surface area contributed by atoms with Gasteiger partial charge in [-0.2, -0.15) is 9.36 Å². The Hall–Kier alpha value is -2.32. The van der Waals surface area contributed by atoms with E-state index in [1.165, 1.54) is 0 Å². The van der Waals surface area contributed by atoms with Gasteiger partial charge in [-0.05, 0) is 22.9 Å². The lowest BCUT2D eigenvalue weighted by molar-refractivity contribution is 0.102. The summed E-state index contributed by atoms with van der Waals surface area (Å²) < 4.78 is 26.3. The number of hydrogen-bond donors (Lipinski definition) is 1. The number of carbonyl (C=O) groups is 1. The molecule has 0 spiro atoms. The average Bonchev–Trinajstić information content (AvgIpc) is 2.95. The fraction of sp³-hybridized carbons (Fsp3) is 0.0714. The van der Waals surface area contributed by atoms with E-state index in [-0.39, 0.29) is 16.2 Å². The zero-order valence-electron chi connectivity index (χ0n) is 11.5. The monoisotopic (exact) mass is 333 g/mol. The lowest BCUT2D eigenvalue weighted by atomic mass is 10.1. The summed E-state index contributed by atoms with van der Waals surface area (Å²) in [6, 6.07) is 13.0. The van der Waals surface area contributed by atoms with E-state index in [1.54, 1.807) is 12.1 Å². The van der Waals surface area contributed by atoms with Crippen LogP contribution in [0.4, 0.5) is 5.13 Å². The van der Waals surface area contributed by atoms with Crippen molar-refractivity contribution in [3.63, 3.8) is 0 Å². The quantitative estimate of drug-likeness (QED) is 0.795. The van der Waals surface area contributed by atoms with Crippen molar-refractivity contribution in [1.29, 1.82) is 0 Å². The number of benzene rings is 2. The largest absolute Gasteiger partial charge is 0.297 e. The van der Waals surface area contributed by atoms with Gasteiger partial charge in [0.2, 0.25) is 15.0 Å². The smallest absolute Gasteiger partial charge is 0.260 e. The topological polar surface area (TPSA) is 89.0 Å². The Morgan fingerprint density at radius 1 is 1.14 bits per heavy atom. The molecule has 112 valence electrons. The van der Waals surface area contributed by atoms with Crippen LogP contribution in [0, 0.1) is 0 Å². The van der Waals surface area contributed by atoms with Gasteiger partial charge in [-0.1, -0.05) is 30.3 Å². The van der Waals surface area contributed by atoms with E-state index in [9.17, 15) is 13.2 Å². The van der Waals surface area contributed by atoms with Gasteiger partial charge in [0.1, 0.15) is 0 Å². The molecule has 1 aromatic heterocycles. The zero-order chi connectivity index (χ0) is 15.7. The Morgan fingerprint density at radius 3 is 2.55 bits per heavy atom. The third-order valence-electron chi connectivity index (χ3n) is 2.97. The molecule has 1 heterocycles. The van der Waals surface area contributed by atoms with E-state index in [2.05, 4.69) is 14.7 Å². The van der Waals surface area contributed by atoms with Gasteiger partial charge >= 0.3 is 0 Å². The number of sulfone groups is 1. The Balaban J connectivity index is 1.85. The van der Waals surface area contributed by atoms with Gasteiger partial charge in [0, 0.05) is 23.4 Å². The maximum absolute atomic E-state index is 12.2. The summed E-state index contributed by atoms with van der Waals surface area (Å²) in [6.45, 7) is 0. The summed E-state index contributed by atoms with van der Waals surface area (Å²) >= 11 is 0.831. The fourth-order valence-corrected chi connectivity index (χ4v) is 3.35. The molecular formula is C14H11N3O3S2. The lowest BCUT2D eigenvalue weighted by Gasteiger charge is -2.03. The second kappa shape index (κ2) is 5.47. The van der Waals surface area contributed by atoms with Gasteiger partial charge in [-0.25, -0.2) is 8.42 Å². The maximum atomic E-state index is 12.2. The highest BCUT2D eigenvalue weighted by Gasteiger charge is 2.16. The van der Waals surface area contributed by atoms with E-state index in [0.717, 1.165) is 28.6 Å². The molecule has 6 nitrogen and oxygen atoms in total.